The topological polar surface area (TPSA) is 100 Å². The zero-order valence-corrected chi connectivity index (χ0v) is 16.2. The van der Waals surface area contributed by atoms with Gasteiger partial charge in [-0.15, -0.1) is 15.3 Å². The van der Waals surface area contributed by atoms with Crippen LogP contribution in [0, 0.1) is 0 Å². The SMILES string of the molecule is CN(c1ccc(C(=O)Nc2nncs2)cn1)C1CCCN(c2cccnn2)C1. The second-order valence-electron chi connectivity index (χ2n) is 6.54. The number of aromatic nitrogens is 5. The molecule has 1 N–H and O–H groups in total. The number of rotatable bonds is 5. The van der Waals surface area contributed by atoms with Crippen LogP contribution in [-0.4, -0.2) is 57.5 Å². The summed E-state index contributed by atoms with van der Waals surface area (Å²) in [6, 6.07) is 7.85. The predicted octanol–water partition coefficient (Wildman–Crippen LogP) is 2.08. The number of nitrogens with one attached hydrogen (secondary N) is 1. The highest BCUT2D eigenvalue weighted by molar-refractivity contribution is 7.13. The van der Waals surface area contributed by atoms with Crippen LogP contribution >= 0.6 is 11.3 Å². The molecular formula is C18H20N8OS. The lowest BCUT2D eigenvalue weighted by molar-refractivity contribution is 0.102. The molecule has 28 heavy (non-hydrogen) atoms. The highest BCUT2D eigenvalue weighted by atomic mass is 32.1. The van der Waals surface area contributed by atoms with Crippen molar-refractivity contribution in [2.45, 2.75) is 18.9 Å². The van der Waals surface area contributed by atoms with E-state index < -0.39 is 0 Å². The number of anilines is 3. The molecule has 0 radical (unpaired) electrons. The molecule has 144 valence electrons. The van der Waals surface area contributed by atoms with Crippen molar-refractivity contribution in [3.63, 3.8) is 0 Å². The van der Waals surface area contributed by atoms with Gasteiger partial charge in [0.15, 0.2) is 5.82 Å². The van der Waals surface area contributed by atoms with E-state index in [1.807, 2.05) is 25.2 Å². The number of piperidine rings is 1. The lowest BCUT2D eigenvalue weighted by Crippen LogP contribution is -2.47. The Morgan fingerprint density at radius 3 is 2.93 bits per heavy atom. The van der Waals surface area contributed by atoms with Gasteiger partial charge in [0.25, 0.3) is 5.91 Å². The molecule has 0 spiro atoms. The third-order valence-electron chi connectivity index (χ3n) is 4.78. The van der Waals surface area contributed by atoms with Crippen LogP contribution in [0.1, 0.15) is 23.2 Å². The third kappa shape index (κ3) is 4.06. The number of pyridine rings is 1. The normalized spacial score (nSPS) is 16.6. The first-order chi connectivity index (χ1) is 13.7. The third-order valence-corrected chi connectivity index (χ3v) is 5.39. The fourth-order valence-electron chi connectivity index (χ4n) is 3.25. The fourth-order valence-corrected chi connectivity index (χ4v) is 3.69. The summed E-state index contributed by atoms with van der Waals surface area (Å²) in [5, 5.41) is 18.9. The molecule has 0 aromatic carbocycles. The van der Waals surface area contributed by atoms with Crippen LogP contribution in [-0.2, 0) is 0 Å². The van der Waals surface area contributed by atoms with Gasteiger partial charge < -0.3 is 9.80 Å². The summed E-state index contributed by atoms with van der Waals surface area (Å²) in [5.41, 5.74) is 2.05. The summed E-state index contributed by atoms with van der Waals surface area (Å²) in [5.74, 6) is 1.49. The fraction of sp³-hybridized carbons (Fsp3) is 0.333. The maximum absolute atomic E-state index is 12.2. The number of carbonyl (C=O) groups is 1. The van der Waals surface area contributed by atoms with Crippen molar-refractivity contribution in [2.24, 2.45) is 0 Å². The second kappa shape index (κ2) is 8.26. The second-order valence-corrected chi connectivity index (χ2v) is 7.37. The highest BCUT2D eigenvalue weighted by Gasteiger charge is 2.25. The Kier molecular flexibility index (Phi) is 5.38. The van der Waals surface area contributed by atoms with Crippen LogP contribution in [0.3, 0.4) is 0 Å². The zero-order chi connectivity index (χ0) is 19.3. The summed E-state index contributed by atoms with van der Waals surface area (Å²) in [6.45, 7) is 1.83. The van der Waals surface area contributed by atoms with Gasteiger partial charge in [0.2, 0.25) is 5.13 Å². The van der Waals surface area contributed by atoms with E-state index in [-0.39, 0.29) is 5.91 Å². The lowest BCUT2D eigenvalue weighted by atomic mass is 10.0. The summed E-state index contributed by atoms with van der Waals surface area (Å²) < 4.78 is 0. The molecule has 1 aliphatic rings. The Hall–Kier alpha value is -3.14. The van der Waals surface area contributed by atoms with Crippen molar-refractivity contribution in [3.05, 3.63) is 47.7 Å². The Labute approximate surface area is 166 Å². The molecule has 4 rings (SSSR count). The number of likely N-dealkylation sites (N-methyl/N-ethyl adjacent to an activating group) is 1. The number of hydrogen-bond donors (Lipinski definition) is 1. The summed E-state index contributed by atoms with van der Waals surface area (Å²) in [4.78, 5) is 21.2. The molecule has 0 saturated carbocycles. The van der Waals surface area contributed by atoms with Crippen molar-refractivity contribution in [3.8, 4) is 0 Å². The molecule has 1 amide bonds. The van der Waals surface area contributed by atoms with Crippen LogP contribution in [0.2, 0.25) is 0 Å². The van der Waals surface area contributed by atoms with Gasteiger partial charge in [0, 0.05) is 38.6 Å². The van der Waals surface area contributed by atoms with Gasteiger partial charge in [-0.3, -0.25) is 10.1 Å². The Morgan fingerprint density at radius 2 is 2.21 bits per heavy atom. The van der Waals surface area contributed by atoms with Gasteiger partial charge >= 0.3 is 0 Å². The maximum Gasteiger partial charge on any atom is 0.259 e. The minimum absolute atomic E-state index is 0.245. The van der Waals surface area contributed by atoms with E-state index in [1.54, 1.807) is 24.0 Å². The van der Waals surface area contributed by atoms with E-state index >= 15 is 0 Å². The predicted molar refractivity (Wildman–Crippen MR) is 108 cm³/mol. The van der Waals surface area contributed by atoms with E-state index in [2.05, 4.69) is 40.5 Å². The van der Waals surface area contributed by atoms with Gasteiger partial charge in [-0.25, -0.2) is 4.98 Å². The molecule has 1 atom stereocenters. The van der Waals surface area contributed by atoms with Gasteiger partial charge in [-0.05, 0) is 37.1 Å². The van der Waals surface area contributed by atoms with E-state index in [9.17, 15) is 4.79 Å². The van der Waals surface area contributed by atoms with Crippen molar-refractivity contribution in [1.82, 2.24) is 25.4 Å². The van der Waals surface area contributed by atoms with Crippen LogP contribution in [0.4, 0.5) is 16.8 Å². The first-order valence-corrected chi connectivity index (χ1v) is 9.88. The largest absolute Gasteiger partial charge is 0.355 e. The lowest BCUT2D eigenvalue weighted by Gasteiger charge is -2.38. The molecular weight excluding hydrogens is 376 g/mol. The molecule has 1 aliphatic heterocycles. The number of hydrogen-bond acceptors (Lipinski definition) is 9. The van der Waals surface area contributed by atoms with E-state index in [4.69, 9.17) is 0 Å². The molecule has 1 saturated heterocycles. The molecule has 3 aromatic heterocycles. The minimum atomic E-state index is -0.245. The molecule has 1 unspecified atom stereocenters. The first-order valence-electron chi connectivity index (χ1n) is 9.00. The Morgan fingerprint density at radius 1 is 1.29 bits per heavy atom. The Bertz CT molecular complexity index is 903. The van der Waals surface area contributed by atoms with Crippen molar-refractivity contribution in [1.29, 1.82) is 0 Å². The van der Waals surface area contributed by atoms with E-state index in [0.717, 1.165) is 37.6 Å². The van der Waals surface area contributed by atoms with Crippen molar-refractivity contribution in [2.75, 3.05) is 35.3 Å². The van der Waals surface area contributed by atoms with Crippen molar-refractivity contribution < 1.29 is 4.79 Å². The van der Waals surface area contributed by atoms with Crippen LogP contribution < -0.4 is 15.1 Å². The average Bonchev–Trinajstić information content (AvgIpc) is 3.27. The van der Waals surface area contributed by atoms with E-state index in [1.165, 1.54) is 11.3 Å². The monoisotopic (exact) mass is 396 g/mol. The Balaban J connectivity index is 1.41. The van der Waals surface area contributed by atoms with Gasteiger partial charge in [0.05, 0.1) is 5.56 Å². The summed E-state index contributed by atoms with van der Waals surface area (Å²) in [7, 11) is 2.04. The summed E-state index contributed by atoms with van der Waals surface area (Å²) in [6.07, 6.45) is 5.43. The number of nitrogens with zero attached hydrogens (tertiary/aromatic N) is 7. The van der Waals surface area contributed by atoms with Gasteiger partial charge in [-0.1, -0.05) is 11.3 Å². The minimum Gasteiger partial charge on any atom is -0.355 e. The van der Waals surface area contributed by atoms with Gasteiger partial charge in [-0.2, -0.15) is 5.10 Å². The van der Waals surface area contributed by atoms with Crippen molar-refractivity contribution >= 4 is 34.0 Å². The maximum atomic E-state index is 12.2. The highest BCUT2D eigenvalue weighted by Crippen LogP contribution is 2.23. The molecule has 10 heteroatoms. The molecule has 4 heterocycles. The smallest absolute Gasteiger partial charge is 0.259 e. The van der Waals surface area contributed by atoms with Crippen LogP contribution in [0.5, 0.6) is 0 Å². The number of carbonyl (C=O) groups excluding carboxylic acids is 1. The zero-order valence-electron chi connectivity index (χ0n) is 15.4. The van der Waals surface area contributed by atoms with Crippen LogP contribution in [0.25, 0.3) is 0 Å². The van der Waals surface area contributed by atoms with E-state index in [0.29, 0.717) is 16.7 Å². The molecule has 0 aliphatic carbocycles. The first kappa shape index (κ1) is 18.2. The average molecular weight is 396 g/mol. The molecule has 3 aromatic rings. The summed E-state index contributed by atoms with van der Waals surface area (Å²) >= 11 is 1.27. The van der Waals surface area contributed by atoms with Gasteiger partial charge in [0.1, 0.15) is 11.3 Å². The number of amides is 1. The standard InChI is InChI=1S/C18H20N8OS/c1-25(14-4-3-9-26(11-14)16-5-2-8-20-23-16)15-7-6-13(10-19-15)17(27)22-18-24-21-12-28-18/h2,5-8,10,12,14H,3-4,9,11H2,1H3,(H,22,24,27). The quantitative estimate of drug-likeness (QED) is 0.700. The molecule has 9 nitrogen and oxygen atoms in total. The molecule has 0 bridgehead atoms. The van der Waals surface area contributed by atoms with Crippen LogP contribution in [0.15, 0.2) is 42.2 Å². The molecule has 1 fully saturated rings.